The van der Waals surface area contributed by atoms with Crippen LogP contribution in [0.4, 0.5) is 10.1 Å². The van der Waals surface area contributed by atoms with Gasteiger partial charge in [0.15, 0.2) is 11.5 Å². The first-order valence-corrected chi connectivity index (χ1v) is 10.9. The number of amides is 2. The summed E-state index contributed by atoms with van der Waals surface area (Å²) in [6.45, 7) is 1.78. The van der Waals surface area contributed by atoms with E-state index in [1.165, 1.54) is 22.6 Å². The van der Waals surface area contributed by atoms with Crippen LogP contribution in [0.15, 0.2) is 84.6 Å². The number of fused-ring (bicyclic) bond motifs is 1. The highest BCUT2D eigenvalue weighted by Crippen LogP contribution is 2.35. The van der Waals surface area contributed by atoms with Crippen LogP contribution in [0.3, 0.4) is 0 Å². The van der Waals surface area contributed by atoms with Crippen molar-refractivity contribution in [2.24, 2.45) is 0 Å². The van der Waals surface area contributed by atoms with E-state index in [-0.39, 0.29) is 29.8 Å². The lowest BCUT2D eigenvalue weighted by Crippen LogP contribution is -2.46. The lowest BCUT2D eigenvalue weighted by atomic mass is 10.1. The molecule has 1 aliphatic rings. The van der Waals surface area contributed by atoms with Crippen LogP contribution in [0, 0.1) is 5.82 Å². The molecule has 1 N–H and O–H groups in total. The topological polar surface area (TPSA) is 58.6 Å². The molecule has 3 aromatic carbocycles. The minimum absolute atomic E-state index is 0.0382. The van der Waals surface area contributed by atoms with Gasteiger partial charge < -0.3 is 10.1 Å². The predicted molar refractivity (Wildman–Crippen MR) is 126 cm³/mol. The smallest absolute Gasteiger partial charge is 0.294 e. The van der Waals surface area contributed by atoms with Crippen LogP contribution >= 0.6 is 0 Å². The fraction of sp³-hybridized carbons (Fsp3) is 0.185. The quantitative estimate of drug-likeness (QED) is 0.536. The first-order valence-electron chi connectivity index (χ1n) is 10.9. The van der Waals surface area contributed by atoms with Crippen LogP contribution < -0.4 is 15.0 Å². The maximum Gasteiger partial charge on any atom is 0.294 e. The van der Waals surface area contributed by atoms with Crippen LogP contribution in [0.5, 0.6) is 5.75 Å². The molecular weight excluding hydrogens is 419 g/mol. The summed E-state index contributed by atoms with van der Waals surface area (Å²) in [6, 6.07) is 23.1. The van der Waals surface area contributed by atoms with Gasteiger partial charge in [-0.3, -0.25) is 14.5 Å². The zero-order chi connectivity index (χ0) is 23.2. The molecule has 0 bridgehead atoms. The van der Waals surface area contributed by atoms with E-state index >= 15 is 0 Å². The van der Waals surface area contributed by atoms with Crippen molar-refractivity contribution in [3.05, 3.63) is 102 Å². The Kier molecular flexibility index (Phi) is 6.83. The van der Waals surface area contributed by atoms with Crippen LogP contribution in [-0.2, 0) is 16.0 Å². The molecule has 168 valence electrons. The fourth-order valence-corrected chi connectivity index (χ4v) is 3.72. The zero-order valence-corrected chi connectivity index (χ0v) is 18.3. The number of nitrogens with zero attached hydrogens (tertiary/aromatic N) is 1. The highest BCUT2D eigenvalue weighted by molar-refractivity contribution is 6.12. The summed E-state index contributed by atoms with van der Waals surface area (Å²) in [7, 11) is 0. The third kappa shape index (κ3) is 5.47. The number of para-hydroxylation sites is 2. The molecule has 2 amide bonds. The van der Waals surface area contributed by atoms with Crippen molar-refractivity contribution in [3.63, 3.8) is 0 Å². The highest BCUT2D eigenvalue weighted by atomic mass is 19.1. The number of ether oxygens (including phenoxy) is 1. The Labute approximate surface area is 192 Å². The van der Waals surface area contributed by atoms with Crippen LogP contribution in [0.1, 0.15) is 24.5 Å². The van der Waals surface area contributed by atoms with Crippen LogP contribution in [-0.4, -0.2) is 24.4 Å². The second kappa shape index (κ2) is 10.1. The Morgan fingerprint density at radius 2 is 1.73 bits per heavy atom. The Bertz CT molecular complexity index is 1180. The molecule has 1 aliphatic heterocycles. The third-order valence-electron chi connectivity index (χ3n) is 5.44. The molecule has 0 spiro atoms. The Morgan fingerprint density at radius 3 is 2.52 bits per heavy atom. The number of carbonyl (C=O) groups excluding carboxylic acids is 2. The van der Waals surface area contributed by atoms with Gasteiger partial charge in [-0.05, 0) is 49.6 Å². The van der Waals surface area contributed by atoms with E-state index < -0.39 is 11.7 Å². The lowest BCUT2D eigenvalue weighted by molar-refractivity contribution is -0.123. The van der Waals surface area contributed by atoms with E-state index in [1.807, 2.05) is 25.1 Å². The van der Waals surface area contributed by atoms with Gasteiger partial charge in [-0.1, -0.05) is 60.7 Å². The van der Waals surface area contributed by atoms with Crippen LogP contribution in [0.2, 0.25) is 0 Å². The molecule has 1 atom stereocenters. The number of aryl methyl sites for hydroxylation is 1. The largest absolute Gasteiger partial charge is 0.449 e. The zero-order valence-electron chi connectivity index (χ0n) is 18.3. The monoisotopic (exact) mass is 444 g/mol. The number of carbonyl (C=O) groups is 2. The lowest BCUT2D eigenvalue weighted by Gasteiger charge is -2.30. The van der Waals surface area contributed by atoms with Crippen molar-refractivity contribution in [3.8, 4) is 5.75 Å². The number of hydrogen-bond acceptors (Lipinski definition) is 3. The molecule has 1 heterocycles. The summed E-state index contributed by atoms with van der Waals surface area (Å²) in [6.07, 6.45) is 2.99. The molecule has 0 fully saturated rings. The maximum atomic E-state index is 14.1. The van der Waals surface area contributed by atoms with Crippen molar-refractivity contribution in [1.29, 1.82) is 0 Å². The molecule has 6 heteroatoms. The first kappa shape index (κ1) is 22.3. The van der Waals surface area contributed by atoms with Gasteiger partial charge in [-0.2, -0.15) is 0 Å². The molecule has 0 saturated heterocycles. The van der Waals surface area contributed by atoms with Crippen molar-refractivity contribution in [2.75, 3.05) is 11.4 Å². The van der Waals surface area contributed by atoms with E-state index in [4.69, 9.17) is 4.74 Å². The SMILES string of the molecule is C[C@@H](CCc1ccccc1)NC(=O)CN1C(=O)/C(=C\c2ccccc2F)Oc2ccccc21. The molecule has 0 unspecified atom stereocenters. The number of nitrogens with one attached hydrogen (secondary N) is 1. The first-order chi connectivity index (χ1) is 16.0. The predicted octanol–water partition coefficient (Wildman–Crippen LogP) is 4.73. The number of hydrogen-bond donors (Lipinski definition) is 1. The summed E-state index contributed by atoms with van der Waals surface area (Å²) in [4.78, 5) is 27.3. The van der Waals surface area contributed by atoms with E-state index in [0.717, 1.165) is 12.8 Å². The Hall–Kier alpha value is -3.93. The van der Waals surface area contributed by atoms with Gasteiger partial charge >= 0.3 is 0 Å². The molecule has 0 saturated carbocycles. The van der Waals surface area contributed by atoms with Crippen molar-refractivity contribution < 1.29 is 18.7 Å². The summed E-state index contributed by atoms with van der Waals surface area (Å²) >= 11 is 0. The van der Waals surface area contributed by atoms with Crippen molar-refractivity contribution in [1.82, 2.24) is 5.32 Å². The minimum Gasteiger partial charge on any atom is -0.449 e. The molecule has 33 heavy (non-hydrogen) atoms. The van der Waals surface area contributed by atoms with E-state index in [1.54, 1.807) is 42.5 Å². The summed E-state index contributed by atoms with van der Waals surface area (Å²) in [5, 5.41) is 2.97. The van der Waals surface area contributed by atoms with Gasteiger partial charge in [0.1, 0.15) is 12.4 Å². The molecule has 3 aromatic rings. The molecular formula is C27H25FN2O3. The fourth-order valence-electron chi connectivity index (χ4n) is 3.72. The standard InChI is InChI=1S/C27H25FN2O3/c1-19(15-16-20-9-3-2-4-10-20)29-26(31)18-30-23-13-7-8-14-24(23)33-25(27(30)32)17-21-11-5-6-12-22(21)28/h2-14,17,19H,15-16,18H2,1H3,(H,29,31)/b25-17+/t19-/m0/s1. The average molecular weight is 445 g/mol. The van der Waals surface area contributed by atoms with Crippen molar-refractivity contribution >= 4 is 23.6 Å². The number of benzene rings is 3. The molecule has 0 aliphatic carbocycles. The van der Waals surface area contributed by atoms with E-state index in [2.05, 4.69) is 17.4 Å². The highest BCUT2D eigenvalue weighted by Gasteiger charge is 2.32. The summed E-state index contributed by atoms with van der Waals surface area (Å²) in [5.41, 5.74) is 1.94. The van der Waals surface area contributed by atoms with Gasteiger partial charge in [0.25, 0.3) is 5.91 Å². The Balaban J connectivity index is 1.48. The number of anilines is 1. The number of rotatable bonds is 7. The Morgan fingerprint density at radius 1 is 1.03 bits per heavy atom. The third-order valence-corrected chi connectivity index (χ3v) is 5.44. The normalized spacial score (nSPS) is 15.0. The van der Waals surface area contributed by atoms with E-state index in [0.29, 0.717) is 11.4 Å². The van der Waals surface area contributed by atoms with E-state index in [9.17, 15) is 14.0 Å². The molecule has 0 aromatic heterocycles. The average Bonchev–Trinajstić information content (AvgIpc) is 2.82. The molecule has 5 nitrogen and oxygen atoms in total. The van der Waals surface area contributed by atoms with Crippen LogP contribution in [0.25, 0.3) is 6.08 Å². The maximum absolute atomic E-state index is 14.1. The summed E-state index contributed by atoms with van der Waals surface area (Å²) in [5.74, 6) is -0.833. The molecule has 4 rings (SSSR count). The van der Waals surface area contributed by atoms with Gasteiger partial charge in [-0.25, -0.2) is 4.39 Å². The molecule has 0 radical (unpaired) electrons. The van der Waals surface area contributed by atoms with Gasteiger partial charge in [0, 0.05) is 11.6 Å². The second-order valence-corrected chi connectivity index (χ2v) is 7.98. The van der Waals surface area contributed by atoms with Gasteiger partial charge in [0.2, 0.25) is 5.91 Å². The van der Waals surface area contributed by atoms with Crippen molar-refractivity contribution in [2.45, 2.75) is 25.8 Å². The van der Waals surface area contributed by atoms with Gasteiger partial charge in [0.05, 0.1) is 5.69 Å². The second-order valence-electron chi connectivity index (χ2n) is 7.98. The van der Waals surface area contributed by atoms with Gasteiger partial charge in [-0.15, -0.1) is 0 Å². The minimum atomic E-state index is -0.496. The summed E-state index contributed by atoms with van der Waals surface area (Å²) < 4.78 is 19.9. The number of halogens is 1.